The maximum atomic E-state index is 13.8. The molecule has 0 bridgehead atoms. The summed E-state index contributed by atoms with van der Waals surface area (Å²) >= 11 is 0. The maximum absolute atomic E-state index is 13.8. The molecule has 0 saturated carbocycles. The third-order valence-corrected chi connectivity index (χ3v) is 3.31. The standard InChI is InChI=1S/C16H16F3NO3/c1-8-6-5-7-9-10(8)11(12(17)13(18)19)14(21)20(9)15(22)23-16(2,3)4/h5-7,11H,1-4H3. The summed E-state index contributed by atoms with van der Waals surface area (Å²) in [5.41, 5.74) is -0.346. The molecule has 0 aromatic heterocycles. The van der Waals surface area contributed by atoms with Gasteiger partial charge >= 0.3 is 12.2 Å². The zero-order chi connectivity index (χ0) is 17.5. The van der Waals surface area contributed by atoms with E-state index in [4.69, 9.17) is 4.74 Å². The molecule has 124 valence electrons. The summed E-state index contributed by atoms with van der Waals surface area (Å²) in [6, 6.07) is 4.50. The van der Waals surface area contributed by atoms with Crippen molar-refractivity contribution in [2.24, 2.45) is 0 Å². The second-order valence-corrected chi connectivity index (χ2v) is 6.20. The van der Waals surface area contributed by atoms with Gasteiger partial charge in [-0.2, -0.15) is 8.78 Å². The number of ether oxygens (including phenoxy) is 1. The molecule has 0 fully saturated rings. The van der Waals surface area contributed by atoms with Crippen LogP contribution in [0.2, 0.25) is 0 Å². The number of fused-ring (bicyclic) bond motifs is 1. The number of imide groups is 1. The molecular formula is C16H16F3NO3. The van der Waals surface area contributed by atoms with E-state index in [2.05, 4.69) is 0 Å². The number of carbonyl (C=O) groups excluding carboxylic acids is 2. The zero-order valence-corrected chi connectivity index (χ0v) is 13.1. The van der Waals surface area contributed by atoms with Gasteiger partial charge in [0.05, 0.1) is 5.69 Å². The van der Waals surface area contributed by atoms with Crippen LogP contribution >= 0.6 is 0 Å². The Morgan fingerprint density at radius 2 is 1.83 bits per heavy atom. The number of carbonyl (C=O) groups is 2. The van der Waals surface area contributed by atoms with Crippen LogP contribution in [0.4, 0.5) is 23.7 Å². The summed E-state index contributed by atoms with van der Waals surface area (Å²) in [4.78, 5) is 25.3. The molecule has 0 aliphatic carbocycles. The van der Waals surface area contributed by atoms with Crippen molar-refractivity contribution in [2.45, 2.75) is 39.2 Å². The van der Waals surface area contributed by atoms with Gasteiger partial charge in [-0.1, -0.05) is 12.1 Å². The first kappa shape index (κ1) is 17.1. The van der Waals surface area contributed by atoms with Crippen LogP contribution < -0.4 is 4.90 Å². The highest BCUT2D eigenvalue weighted by atomic mass is 19.3. The van der Waals surface area contributed by atoms with Crippen molar-refractivity contribution in [3.63, 3.8) is 0 Å². The number of halogens is 3. The summed E-state index contributed by atoms with van der Waals surface area (Å²) in [5, 5.41) is 0. The van der Waals surface area contributed by atoms with E-state index in [1.54, 1.807) is 39.8 Å². The molecule has 1 atom stereocenters. The highest BCUT2D eigenvalue weighted by Gasteiger charge is 2.46. The lowest BCUT2D eigenvalue weighted by Crippen LogP contribution is -2.39. The Morgan fingerprint density at radius 1 is 1.22 bits per heavy atom. The topological polar surface area (TPSA) is 46.6 Å². The molecule has 2 rings (SSSR count). The lowest BCUT2D eigenvalue weighted by atomic mass is 9.95. The molecule has 2 amide bonds. The monoisotopic (exact) mass is 327 g/mol. The van der Waals surface area contributed by atoms with E-state index in [1.807, 2.05) is 0 Å². The number of hydrogen-bond donors (Lipinski definition) is 0. The average molecular weight is 327 g/mol. The van der Waals surface area contributed by atoms with Gasteiger partial charge in [0.25, 0.3) is 5.91 Å². The Kier molecular flexibility index (Phi) is 4.24. The summed E-state index contributed by atoms with van der Waals surface area (Å²) in [6.07, 6.45) is -3.60. The van der Waals surface area contributed by atoms with Gasteiger partial charge in [0.2, 0.25) is 0 Å². The molecule has 7 heteroatoms. The third kappa shape index (κ3) is 3.09. The van der Waals surface area contributed by atoms with E-state index in [9.17, 15) is 22.8 Å². The number of anilines is 1. The summed E-state index contributed by atoms with van der Waals surface area (Å²) < 4.78 is 44.4. The molecule has 1 heterocycles. The molecule has 0 radical (unpaired) electrons. The normalized spacial score (nSPS) is 17.1. The van der Waals surface area contributed by atoms with Crippen LogP contribution in [0.5, 0.6) is 0 Å². The van der Waals surface area contributed by atoms with E-state index >= 15 is 0 Å². The SMILES string of the molecule is Cc1cccc2c1C(C(F)=C(F)F)C(=O)N2C(=O)OC(C)(C)C. The zero-order valence-electron chi connectivity index (χ0n) is 13.1. The molecule has 0 N–H and O–H groups in total. The third-order valence-electron chi connectivity index (χ3n) is 3.31. The minimum Gasteiger partial charge on any atom is -0.443 e. The van der Waals surface area contributed by atoms with E-state index in [0.29, 0.717) is 10.5 Å². The number of benzene rings is 1. The number of rotatable bonds is 1. The van der Waals surface area contributed by atoms with Crippen molar-refractivity contribution >= 4 is 17.7 Å². The van der Waals surface area contributed by atoms with Gasteiger partial charge in [0, 0.05) is 0 Å². The second kappa shape index (κ2) is 5.72. The van der Waals surface area contributed by atoms with Crippen molar-refractivity contribution in [3.05, 3.63) is 41.2 Å². The molecule has 1 aliphatic heterocycles. The van der Waals surface area contributed by atoms with Crippen LogP contribution in [0.1, 0.15) is 37.8 Å². The Morgan fingerprint density at radius 3 is 2.35 bits per heavy atom. The first-order chi connectivity index (χ1) is 10.5. The lowest BCUT2D eigenvalue weighted by molar-refractivity contribution is -0.118. The molecule has 1 aliphatic rings. The van der Waals surface area contributed by atoms with Gasteiger partial charge in [-0.05, 0) is 44.9 Å². The highest BCUT2D eigenvalue weighted by molar-refractivity contribution is 6.20. The van der Waals surface area contributed by atoms with Crippen LogP contribution in [0.15, 0.2) is 30.1 Å². The number of nitrogens with zero attached hydrogens (tertiary/aromatic N) is 1. The van der Waals surface area contributed by atoms with Crippen molar-refractivity contribution in [1.82, 2.24) is 0 Å². The van der Waals surface area contributed by atoms with Crippen LogP contribution in [-0.4, -0.2) is 17.6 Å². The number of hydrogen-bond acceptors (Lipinski definition) is 3. The van der Waals surface area contributed by atoms with Crippen LogP contribution in [-0.2, 0) is 9.53 Å². The molecule has 0 spiro atoms. The van der Waals surface area contributed by atoms with Crippen LogP contribution in [0, 0.1) is 6.92 Å². The van der Waals surface area contributed by atoms with E-state index in [0.717, 1.165) is 0 Å². The quantitative estimate of drug-likeness (QED) is 0.766. The van der Waals surface area contributed by atoms with Crippen molar-refractivity contribution in [2.75, 3.05) is 4.90 Å². The van der Waals surface area contributed by atoms with Gasteiger partial charge < -0.3 is 4.74 Å². The van der Waals surface area contributed by atoms with E-state index in [1.165, 1.54) is 6.07 Å². The van der Waals surface area contributed by atoms with Gasteiger partial charge in [-0.3, -0.25) is 4.79 Å². The predicted octanol–water partition coefficient (Wildman–Crippen LogP) is 4.44. The fraction of sp³-hybridized carbons (Fsp3) is 0.375. The largest absolute Gasteiger partial charge is 0.443 e. The van der Waals surface area contributed by atoms with Gasteiger partial charge in [0.15, 0.2) is 5.83 Å². The van der Waals surface area contributed by atoms with Crippen molar-refractivity contribution in [1.29, 1.82) is 0 Å². The van der Waals surface area contributed by atoms with Gasteiger partial charge in [-0.25, -0.2) is 14.1 Å². The number of aryl methyl sites for hydroxylation is 1. The Bertz CT molecular complexity index is 703. The molecule has 4 nitrogen and oxygen atoms in total. The predicted molar refractivity (Wildman–Crippen MR) is 78.0 cm³/mol. The first-order valence-corrected chi connectivity index (χ1v) is 6.91. The number of amides is 2. The van der Waals surface area contributed by atoms with E-state index in [-0.39, 0.29) is 11.3 Å². The highest BCUT2D eigenvalue weighted by Crippen LogP contribution is 2.45. The van der Waals surface area contributed by atoms with Gasteiger partial charge in [0.1, 0.15) is 11.5 Å². The van der Waals surface area contributed by atoms with Crippen molar-refractivity contribution in [3.8, 4) is 0 Å². The second-order valence-electron chi connectivity index (χ2n) is 6.20. The molecule has 1 aromatic carbocycles. The summed E-state index contributed by atoms with van der Waals surface area (Å²) in [5.74, 6) is -4.77. The Labute approximate surface area is 131 Å². The Balaban J connectivity index is 2.57. The van der Waals surface area contributed by atoms with E-state index < -0.39 is 35.4 Å². The fourth-order valence-electron chi connectivity index (χ4n) is 2.45. The molecular weight excluding hydrogens is 311 g/mol. The van der Waals surface area contributed by atoms with Crippen LogP contribution in [0.25, 0.3) is 0 Å². The fourth-order valence-corrected chi connectivity index (χ4v) is 2.45. The summed E-state index contributed by atoms with van der Waals surface area (Å²) in [7, 11) is 0. The van der Waals surface area contributed by atoms with Crippen molar-refractivity contribution < 1.29 is 27.5 Å². The summed E-state index contributed by atoms with van der Waals surface area (Å²) in [6.45, 7) is 6.35. The Hall–Kier alpha value is -2.31. The molecule has 1 aromatic rings. The maximum Gasteiger partial charge on any atom is 0.421 e. The smallest absolute Gasteiger partial charge is 0.421 e. The molecule has 23 heavy (non-hydrogen) atoms. The van der Waals surface area contributed by atoms with Crippen LogP contribution in [0.3, 0.4) is 0 Å². The molecule has 1 unspecified atom stereocenters. The minimum atomic E-state index is -2.58. The lowest BCUT2D eigenvalue weighted by Gasteiger charge is -2.24. The average Bonchev–Trinajstić information content (AvgIpc) is 2.69. The molecule has 0 saturated heterocycles. The van der Waals surface area contributed by atoms with Gasteiger partial charge in [-0.15, -0.1) is 0 Å². The first-order valence-electron chi connectivity index (χ1n) is 6.91. The minimum absolute atomic E-state index is 0.0497.